The third-order valence-electron chi connectivity index (χ3n) is 3.07. The molecule has 0 spiro atoms. The molecule has 0 saturated heterocycles. The van der Waals surface area contributed by atoms with Crippen molar-refractivity contribution < 1.29 is 14.3 Å². The van der Waals surface area contributed by atoms with Gasteiger partial charge in [0.1, 0.15) is 12.2 Å². The van der Waals surface area contributed by atoms with E-state index < -0.39 is 11.7 Å². The summed E-state index contributed by atoms with van der Waals surface area (Å²) >= 11 is 0. The van der Waals surface area contributed by atoms with E-state index in [1.54, 1.807) is 0 Å². The summed E-state index contributed by atoms with van der Waals surface area (Å²) in [6.45, 7) is 10.5. The van der Waals surface area contributed by atoms with Crippen LogP contribution >= 0.6 is 0 Å². The smallest absolute Gasteiger partial charge is 0.407 e. The molecular formula is C18H27NO3. The van der Waals surface area contributed by atoms with Crippen molar-refractivity contribution in [3.8, 4) is 0 Å². The number of hydrogen-bond donors (Lipinski definition) is 1. The fourth-order valence-electron chi connectivity index (χ4n) is 1.86. The number of carbonyl (C=O) groups excluding carboxylic acids is 1. The average molecular weight is 305 g/mol. The van der Waals surface area contributed by atoms with Gasteiger partial charge in [0.15, 0.2) is 0 Å². The van der Waals surface area contributed by atoms with Crippen LogP contribution in [0.1, 0.15) is 46.6 Å². The summed E-state index contributed by atoms with van der Waals surface area (Å²) in [6.07, 6.45) is 0.408. The number of hydrogen-bond acceptors (Lipinski definition) is 3. The second-order valence-corrected chi connectivity index (χ2v) is 6.14. The number of amides is 1. The summed E-state index contributed by atoms with van der Waals surface area (Å²) < 4.78 is 11.0. The van der Waals surface area contributed by atoms with Crippen LogP contribution in [0.2, 0.25) is 0 Å². The molecule has 0 heterocycles. The molecule has 1 aromatic rings. The lowest BCUT2D eigenvalue weighted by Crippen LogP contribution is -2.33. The molecule has 0 aliphatic rings. The Bertz CT molecular complexity index is 501. The SMILES string of the molecule is CC/C(CNC(=O)OC(C)(C)C)=C(\C)OCc1ccccc1. The van der Waals surface area contributed by atoms with Crippen molar-refractivity contribution in [2.75, 3.05) is 6.54 Å². The van der Waals surface area contributed by atoms with Crippen LogP contribution in [0.15, 0.2) is 41.7 Å². The summed E-state index contributed by atoms with van der Waals surface area (Å²) in [5.74, 6) is 0.849. The van der Waals surface area contributed by atoms with E-state index in [9.17, 15) is 4.79 Å². The first kappa shape index (κ1) is 18.1. The Balaban J connectivity index is 2.52. The fraction of sp³-hybridized carbons (Fsp3) is 0.500. The Morgan fingerprint density at radius 2 is 1.82 bits per heavy atom. The van der Waals surface area contributed by atoms with Crippen LogP contribution in [-0.2, 0) is 16.1 Å². The monoisotopic (exact) mass is 305 g/mol. The normalized spacial score (nSPS) is 12.4. The molecule has 0 unspecified atom stereocenters. The second-order valence-electron chi connectivity index (χ2n) is 6.14. The highest BCUT2D eigenvalue weighted by molar-refractivity contribution is 5.68. The Kier molecular flexibility index (Phi) is 6.96. The summed E-state index contributed by atoms with van der Waals surface area (Å²) in [5, 5.41) is 2.77. The number of alkyl carbamates (subject to hydrolysis) is 1. The van der Waals surface area contributed by atoms with Crippen LogP contribution in [-0.4, -0.2) is 18.2 Å². The molecule has 0 bridgehead atoms. The van der Waals surface area contributed by atoms with Crippen LogP contribution in [0, 0.1) is 0 Å². The van der Waals surface area contributed by atoms with Gasteiger partial charge in [-0.3, -0.25) is 0 Å². The molecule has 0 atom stereocenters. The molecule has 0 aromatic heterocycles. The molecule has 0 aliphatic carbocycles. The number of nitrogens with one attached hydrogen (secondary N) is 1. The number of allylic oxidation sites excluding steroid dienone is 1. The van der Waals surface area contributed by atoms with Gasteiger partial charge in [-0.25, -0.2) is 4.79 Å². The lowest BCUT2D eigenvalue weighted by molar-refractivity contribution is 0.0531. The van der Waals surface area contributed by atoms with Gasteiger partial charge >= 0.3 is 6.09 Å². The van der Waals surface area contributed by atoms with Gasteiger partial charge < -0.3 is 14.8 Å². The molecule has 0 saturated carbocycles. The second kappa shape index (κ2) is 8.47. The number of ether oxygens (including phenoxy) is 2. The molecule has 22 heavy (non-hydrogen) atoms. The van der Waals surface area contributed by atoms with E-state index in [-0.39, 0.29) is 0 Å². The minimum Gasteiger partial charge on any atom is -0.494 e. The van der Waals surface area contributed by atoms with Crippen LogP contribution < -0.4 is 5.32 Å². The third kappa shape index (κ3) is 7.16. The number of rotatable bonds is 6. The predicted molar refractivity (Wildman–Crippen MR) is 88.5 cm³/mol. The highest BCUT2D eigenvalue weighted by Crippen LogP contribution is 2.13. The van der Waals surface area contributed by atoms with Crippen molar-refractivity contribution in [2.45, 2.75) is 53.2 Å². The van der Waals surface area contributed by atoms with E-state index >= 15 is 0 Å². The zero-order chi connectivity index (χ0) is 16.6. The van der Waals surface area contributed by atoms with E-state index in [1.807, 2.05) is 65.0 Å². The van der Waals surface area contributed by atoms with Gasteiger partial charge in [-0.2, -0.15) is 0 Å². The lowest BCUT2D eigenvalue weighted by atomic mass is 10.1. The summed E-state index contributed by atoms with van der Waals surface area (Å²) in [4.78, 5) is 11.7. The third-order valence-corrected chi connectivity index (χ3v) is 3.07. The van der Waals surface area contributed by atoms with Crippen LogP contribution in [0.25, 0.3) is 0 Å². The molecule has 122 valence electrons. The first-order valence-electron chi connectivity index (χ1n) is 7.64. The van der Waals surface area contributed by atoms with Crippen LogP contribution in [0.5, 0.6) is 0 Å². The maximum Gasteiger partial charge on any atom is 0.407 e. The molecular weight excluding hydrogens is 278 g/mol. The molecule has 0 fully saturated rings. The largest absolute Gasteiger partial charge is 0.494 e. The molecule has 0 aliphatic heterocycles. The average Bonchev–Trinajstić information content (AvgIpc) is 2.45. The first-order chi connectivity index (χ1) is 10.3. The van der Waals surface area contributed by atoms with Gasteiger partial charge in [0.05, 0.1) is 5.76 Å². The van der Waals surface area contributed by atoms with Gasteiger partial charge in [0.25, 0.3) is 0 Å². The Labute approximate surface area is 133 Å². The van der Waals surface area contributed by atoms with Crippen molar-refractivity contribution in [2.24, 2.45) is 0 Å². The summed E-state index contributed by atoms with van der Waals surface area (Å²) in [6, 6.07) is 10.0. The molecule has 4 nitrogen and oxygen atoms in total. The van der Waals surface area contributed by atoms with Gasteiger partial charge in [-0.05, 0) is 45.3 Å². The molecule has 4 heteroatoms. The van der Waals surface area contributed by atoms with Crippen molar-refractivity contribution in [3.05, 3.63) is 47.2 Å². The topological polar surface area (TPSA) is 47.6 Å². The van der Waals surface area contributed by atoms with Gasteiger partial charge in [0, 0.05) is 6.54 Å². The summed E-state index contributed by atoms with van der Waals surface area (Å²) in [7, 11) is 0. The molecule has 1 amide bonds. The standard InChI is InChI=1S/C18H27NO3/c1-6-16(12-19-17(20)22-18(3,4)5)14(2)21-13-15-10-8-7-9-11-15/h7-11H,6,12-13H2,1-5H3,(H,19,20)/b16-14-. The maximum absolute atomic E-state index is 11.7. The Hall–Kier alpha value is -1.97. The van der Waals surface area contributed by atoms with E-state index in [4.69, 9.17) is 9.47 Å². The van der Waals surface area contributed by atoms with Crippen molar-refractivity contribution in [1.82, 2.24) is 5.32 Å². The van der Waals surface area contributed by atoms with Gasteiger partial charge in [-0.1, -0.05) is 37.3 Å². The molecule has 1 N–H and O–H groups in total. The Morgan fingerprint density at radius 3 is 2.36 bits per heavy atom. The predicted octanol–water partition coefficient (Wildman–Crippen LogP) is 4.41. The van der Waals surface area contributed by atoms with Crippen molar-refractivity contribution in [3.63, 3.8) is 0 Å². The zero-order valence-corrected chi connectivity index (χ0v) is 14.2. The number of carbonyl (C=O) groups is 1. The van der Waals surface area contributed by atoms with Gasteiger partial charge in [-0.15, -0.1) is 0 Å². The van der Waals surface area contributed by atoms with Crippen LogP contribution in [0.3, 0.4) is 0 Å². The zero-order valence-electron chi connectivity index (χ0n) is 14.2. The quantitative estimate of drug-likeness (QED) is 0.792. The van der Waals surface area contributed by atoms with E-state index in [0.29, 0.717) is 13.2 Å². The Morgan fingerprint density at radius 1 is 1.18 bits per heavy atom. The minimum absolute atomic E-state index is 0.408. The van der Waals surface area contributed by atoms with E-state index in [1.165, 1.54) is 0 Å². The van der Waals surface area contributed by atoms with Crippen molar-refractivity contribution >= 4 is 6.09 Å². The fourth-order valence-corrected chi connectivity index (χ4v) is 1.86. The minimum atomic E-state index is -0.487. The first-order valence-corrected chi connectivity index (χ1v) is 7.64. The van der Waals surface area contributed by atoms with Crippen molar-refractivity contribution in [1.29, 1.82) is 0 Å². The maximum atomic E-state index is 11.7. The van der Waals surface area contributed by atoms with E-state index in [2.05, 4.69) is 5.32 Å². The summed E-state index contributed by atoms with van der Waals surface area (Å²) in [5.41, 5.74) is 1.69. The lowest BCUT2D eigenvalue weighted by Gasteiger charge is -2.20. The molecule has 1 rings (SSSR count). The van der Waals surface area contributed by atoms with E-state index in [0.717, 1.165) is 23.3 Å². The highest BCUT2D eigenvalue weighted by Gasteiger charge is 2.16. The number of benzene rings is 1. The molecule has 1 aromatic carbocycles. The molecule has 0 radical (unpaired) electrons. The van der Waals surface area contributed by atoms with Gasteiger partial charge in [0.2, 0.25) is 0 Å². The highest BCUT2D eigenvalue weighted by atomic mass is 16.6. The van der Waals surface area contributed by atoms with Crippen LogP contribution in [0.4, 0.5) is 4.79 Å².